The molecule has 0 saturated carbocycles. The molecule has 2 N–H and O–H groups in total. The van der Waals surface area contributed by atoms with Crippen molar-refractivity contribution in [2.24, 2.45) is 0 Å². The molecule has 1 heterocycles. The van der Waals surface area contributed by atoms with Gasteiger partial charge in [0.2, 0.25) is 5.91 Å². The minimum absolute atomic E-state index is 0.0764. The van der Waals surface area contributed by atoms with Gasteiger partial charge in [0.25, 0.3) is 0 Å². The molecule has 1 aromatic heterocycles. The third-order valence-electron chi connectivity index (χ3n) is 2.94. The molecule has 0 aromatic carbocycles. The van der Waals surface area contributed by atoms with Crippen LogP contribution in [0.4, 0.5) is 5.13 Å². The van der Waals surface area contributed by atoms with E-state index in [1.165, 1.54) is 6.92 Å². The molecule has 0 aliphatic carbocycles. The molecule has 0 spiro atoms. The lowest BCUT2D eigenvalue weighted by atomic mass is 10.3. The summed E-state index contributed by atoms with van der Waals surface area (Å²) in [4.78, 5) is 40.2. The van der Waals surface area contributed by atoms with E-state index < -0.39 is 12.0 Å². The highest BCUT2D eigenvalue weighted by Gasteiger charge is 2.23. The Morgan fingerprint density at radius 1 is 1.33 bits per heavy atom. The first-order valence-electron chi connectivity index (χ1n) is 6.62. The second-order valence-corrected chi connectivity index (χ2v) is 5.43. The quantitative estimate of drug-likeness (QED) is 0.743. The lowest BCUT2D eigenvalue weighted by Crippen LogP contribution is -2.41. The molecule has 0 radical (unpaired) electrons. The number of rotatable bonds is 7. The normalized spacial score (nSPS) is 11.8. The third kappa shape index (κ3) is 4.01. The molecule has 8 heteroatoms. The zero-order chi connectivity index (χ0) is 16.2. The number of carbonyl (C=O) groups excluding carboxylic acids is 2. The van der Waals surface area contributed by atoms with Crippen molar-refractivity contribution in [3.05, 3.63) is 10.6 Å². The number of aromatic carboxylic acids is 1. The smallest absolute Gasteiger partial charge is 0.356 e. The summed E-state index contributed by atoms with van der Waals surface area (Å²) in [7, 11) is 0. The molecule has 1 atom stereocenters. The molecule has 1 amide bonds. The molecule has 7 nitrogen and oxygen atoms in total. The third-order valence-corrected chi connectivity index (χ3v) is 4.02. The van der Waals surface area contributed by atoms with Crippen molar-refractivity contribution in [3.8, 4) is 0 Å². The minimum Gasteiger partial charge on any atom is -0.476 e. The fourth-order valence-electron chi connectivity index (χ4n) is 1.82. The maximum absolute atomic E-state index is 12.1. The average Bonchev–Trinajstić information content (AvgIpc) is 2.84. The molecule has 1 aromatic rings. The monoisotopic (exact) mass is 313 g/mol. The van der Waals surface area contributed by atoms with Gasteiger partial charge in [0.15, 0.2) is 16.6 Å². The van der Waals surface area contributed by atoms with Gasteiger partial charge in [0, 0.05) is 20.0 Å². The van der Waals surface area contributed by atoms with Crippen molar-refractivity contribution >= 4 is 34.1 Å². The number of carboxylic acids is 1. The predicted molar refractivity (Wildman–Crippen MR) is 80.1 cm³/mol. The maximum Gasteiger partial charge on any atom is 0.356 e. The standard InChI is InChI=1S/C13H19N3O4S/c1-5-16(6-2)11(18)7(3)14-13-15-9(12(19)20)10(21-13)8(4)17/h7H,5-6H2,1-4H3,(H,14,15)(H,19,20). The number of thiazole rings is 1. The number of carboxylic acid groups (broad SMARTS) is 1. The average molecular weight is 313 g/mol. The zero-order valence-corrected chi connectivity index (χ0v) is 13.3. The lowest BCUT2D eigenvalue weighted by molar-refractivity contribution is -0.131. The van der Waals surface area contributed by atoms with Crippen LogP contribution in [0.5, 0.6) is 0 Å². The number of nitrogens with zero attached hydrogens (tertiary/aromatic N) is 2. The second kappa shape index (κ2) is 7.16. The van der Waals surface area contributed by atoms with Crippen LogP contribution < -0.4 is 5.32 Å². The Hall–Kier alpha value is -1.96. The van der Waals surface area contributed by atoms with E-state index in [0.29, 0.717) is 13.1 Å². The van der Waals surface area contributed by atoms with Gasteiger partial charge in [-0.1, -0.05) is 11.3 Å². The first kappa shape index (κ1) is 17.1. The van der Waals surface area contributed by atoms with Crippen LogP contribution in [0.2, 0.25) is 0 Å². The highest BCUT2D eigenvalue weighted by Crippen LogP contribution is 2.24. The van der Waals surface area contributed by atoms with E-state index in [9.17, 15) is 14.4 Å². The van der Waals surface area contributed by atoms with Gasteiger partial charge in [-0.2, -0.15) is 0 Å². The van der Waals surface area contributed by atoms with E-state index in [1.54, 1.807) is 11.8 Å². The van der Waals surface area contributed by atoms with Crippen molar-refractivity contribution in [1.29, 1.82) is 0 Å². The summed E-state index contributed by atoms with van der Waals surface area (Å²) in [5.41, 5.74) is -0.280. The van der Waals surface area contributed by atoms with Crippen molar-refractivity contribution in [3.63, 3.8) is 0 Å². The van der Waals surface area contributed by atoms with Gasteiger partial charge in [0.1, 0.15) is 10.9 Å². The topological polar surface area (TPSA) is 99.6 Å². The molecule has 116 valence electrons. The SMILES string of the molecule is CCN(CC)C(=O)C(C)Nc1nc(C(=O)O)c(C(C)=O)s1. The zero-order valence-electron chi connectivity index (χ0n) is 12.5. The number of hydrogen-bond donors (Lipinski definition) is 2. The summed E-state index contributed by atoms with van der Waals surface area (Å²) in [6.07, 6.45) is 0. The summed E-state index contributed by atoms with van der Waals surface area (Å²) in [6, 6.07) is -0.544. The first-order chi connectivity index (χ1) is 9.81. The van der Waals surface area contributed by atoms with Crippen LogP contribution in [0.15, 0.2) is 0 Å². The van der Waals surface area contributed by atoms with Crippen LogP contribution >= 0.6 is 11.3 Å². The minimum atomic E-state index is -1.26. The summed E-state index contributed by atoms with van der Waals surface area (Å²) in [6.45, 7) is 7.92. The Morgan fingerprint density at radius 2 is 1.90 bits per heavy atom. The largest absolute Gasteiger partial charge is 0.476 e. The fourth-order valence-corrected chi connectivity index (χ4v) is 2.76. The van der Waals surface area contributed by atoms with Gasteiger partial charge in [-0.15, -0.1) is 0 Å². The van der Waals surface area contributed by atoms with Gasteiger partial charge in [0.05, 0.1) is 0 Å². The Morgan fingerprint density at radius 3 is 2.29 bits per heavy atom. The maximum atomic E-state index is 12.1. The molecule has 0 aliphatic rings. The predicted octanol–water partition coefficient (Wildman–Crippen LogP) is 1.71. The Labute approximate surface area is 127 Å². The van der Waals surface area contributed by atoms with Crippen LogP contribution in [0.3, 0.4) is 0 Å². The van der Waals surface area contributed by atoms with Crippen LogP contribution in [0, 0.1) is 0 Å². The number of likely N-dealkylation sites (N-methyl/N-ethyl adjacent to an activating group) is 1. The number of ketones is 1. The van der Waals surface area contributed by atoms with Crippen molar-refractivity contribution in [1.82, 2.24) is 9.88 Å². The van der Waals surface area contributed by atoms with Crippen molar-refractivity contribution in [2.45, 2.75) is 33.7 Å². The molecule has 1 unspecified atom stereocenters. The number of aromatic nitrogens is 1. The lowest BCUT2D eigenvalue weighted by Gasteiger charge is -2.23. The Balaban J connectivity index is 2.93. The van der Waals surface area contributed by atoms with E-state index in [2.05, 4.69) is 10.3 Å². The fraction of sp³-hybridized carbons (Fsp3) is 0.538. The van der Waals surface area contributed by atoms with E-state index in [4.69, 9.17) is 5.11 Å². The number of amides is 1. The van der Waals surface area contributed by atoms with Crippen LogP contribution in [-0.4, -0.2) is 51.8 Å². The van der Waals surface area contributed by atoms with Gasteiger partial charge in [-0.3, -0.25) is 9.59 Å². The summed E-state index contributed by atoms with van der Waals surface area (Å²) < 4.78 is 0. The van der Waals surface area contributed by atoms with Gasteiger partial charge in [-0.25, -0.2) is 9.78 Å². The van der Waals surface area contributed by atoms with Gasteiger partial charge >= 0.3 is 5.97 Å². The number of carbonyl (C=O) groups is 3. The molecule has 0 bridgehead atoms. The summed E-state index contributed by atoms with van der Waals surface area (Å²) in [5, 5.41) is 12.1. The van der Waals surface area contributed by atoms with Crippen LogP contribution in [-0.2, 0) is 4.79 Å². The van der Waals surface area contributed by atoms with Crippen LogP contribution in [0.25, 0.3) is 0 Å². The van der Waals surface area contributed by atoms with E-state index in [1.807, 2.05) is 13.8 Å². The van der Waals surface area contributed by atoms with E-state index in [0.717, 1.165) is 11.3 Å². The van der Waals surface area contributed by atoms with Gasteiger partial charge < -0.3 is 15.3 Å². The molecule has 0 fully saturated rings. The molecular weight excluding hydrogens is 294 g/mol. The number of anilines is 1. The number of hydrogen-bond acceptors (Lipinski definition) is 6. The van der Waals surface area contributed by atoms with E-state index in [-0.39, 0.29) is 27.4 Å². The number of nitrogens with one attached hydrogen (secondary N) is 1. The molecule has 0 aliphatic heterocycles. The number of Topliss-reactive ketones (excluding diaryl/α,β-unsaturated/α-hetero) is 1. The van der Waals surface area contributed by atoms with Crippen LogP contribution in [0.1, 0.15) is 47.9 Å². The second-order valence-electron chi connectivity index (χ2n) is 4.43. The van der Waals surface area contributed by atoms with E-state index >= 15 is 0 Å². The highest BCUT2D eigenvalue weighted by molar-refractivity contribution is 7.17. The summed E-state index contributed by atoms with van der Waals surface area (Å²) >= 11 is 0.945. The summed E-state index contributed by atoms with van der Waals surface area (Å²) in [5.74, 6) is -1.72. The van der Waals surface area contributed by atoms with Crippen molar-refractivity contribution in [2.75, 3.05) is 18.4 Å². The Kier molecular flexibility index (Phi) is 5.83. The molecular formula is C13H19N3O4S. The molecule has 21 heavy (non-hydrogen) atoms. The van der Waals surface area contributed by atoms with Gasteiger partial charge in [-0.05, 0) is 20.8 Å². The Bertz CT molecular complexity index is 520. The van der Waals surface area contributed by atoms with Crippen molar-refractivity contribution < 1.29 is 19.5 Å². The molecule has 0 saturated heterocycles. The first-order valence-corrected chi connectivity index (χ1v) is 7.43. The molecule has 1 rings (SSSR count). The highest BCUT2D eigenvalue weighted by atomic mass is 32.1.